The molecule has 6 nitrogen and oxygen atoms in total. The van der Waals surface area contributed by atoms with E-state index >= 15 is 0 Å². The van der Waals surface area contributed by atoms with Gasteiger partial charge in [-0.1, -0.05) is 42.8 Å². The summed E-state index contributed by atoms with van der Waals surface area (Å²) in [6.45, 7) is 5.26. The van der Waals surface area contributed by atoms with Crippen molar-refractivity contribution < 1.29 is 14.6 Å². The van der Waals surface area contributed by atoms with Crippen molar-refractivity contribution in [2.45, 2.75) is 32.7 Å². The fourth-order valence-electron chi connectivity index (χ4n) is 4.13. The predicted molar refractivity (Wildman–Crippen MR) is 116 cm³/mol. The third kappa shape index (κ3) is 3.48. The molecule has 0 aliphatic carbocycles. The van der Waals surface area contributed by atoms with Crippen molar-refractivity contribution in [1.82, 2.24) is 15.1 Å². The summed E-state index contributed by atoms with van der Waals surface area (Å²) in [6.07, 6.45) is 1.70. The lowest BCUT2D eigenvalue weighted by Gasteiger charge is -2.26. The molecule has 0 radical (unpaired) electrons. The molecule has 0 fully saturated rings. The monoisotopic (exact) mass is 405 g/mol. The van der Waals surface area contributed by atoms with Gasteiger partial charge in [-0.25, -0.2) is 0 Å². The van der Waals surface area contributed by atoms with Gasteiger partial charge in [0.05, 0.1) is 6.04 Å². The van der Waals surface area contributed by atoms with Gasteiger partial charge < -0.3 is 14.7 Å². The summed E-state index contributed by atoms with van der Waals surface area (Å²) in [5.74, 6) is 0.0804. The first-order chi connectivity index (χ1) is 14.5. The Morgan fingerprint density at radius 3 is 2.67 bits per heavy atom. The Morgan fingerprint density at radius 2 is 1.97 bits per heavy atom. The van der Waals surface area contributed by atoms with Crippen LogP contribution in [0.4, 0.5) is 0 Å². The smallest absolute Gasteiger partial charge is 0.273 e. The van der Waals surface area contributed by atoms with Gasteiger partial charge in [-0.15, -0.1) is 0 Å². The van der Waals surface area contributed by atoms with Crippen LogP contribution in [-0.4, -0.2) is 46.4 Å². The number of amides is 1. The zero-order valence-electron chi connectivity index (χ0n) is 17.6. The number of hydrogen-bond acceptors (Lipinski definition) is 4. The molecule has 1 amide bonds. The Balaban J connectivity index is 1.84. The van der Waals surface area contributed by atoms with Gasteiger partial charge in [-0.05, 0) is 43.0 Å². The molecule has 2 N–H and O–H groups in total. The molecule has 1 atom stereocenters. The highest BCUT2D eigenvalue weighted by Crippen LogP contribution is 2.44. The van der Waals surface area contributed by atoms with Gasteiger partial charge in [-0.2, -0.15) is 5.10 Å². The molecule has 1 aliphatic rings. The molecule has 0 spiro atoms. The topological polar surface area (TPSA) is 78.5 Å². The highest BCUT2D eigenvalue weighted by Gasteiger charge is 2.42. The van der Waals surface area contributed by atoms with E-state index in [1.165, 1.54) is 5.56 Å². The summed E-state index contributed by atoms with van der Waals surface area (Å²) in [4.78, 5) is 15.1. The van der Waals surface area contributed by atoms with Crippen LogP contribution in [0, 0.1) is 6.92 Å². The molecule has 2 heterocycles. The van der Waals surface area contributed by atoms with E-state index in [0.29, 0.717) is 30.1 Å². The average molecular weight is 405 g/mol. The van der Waals surface area contributed by atoms with Gasteiger partial charge in [0, 0.05) is 31.4 Å². The first-order valence-electron chi connectivity index (χ1n) is 10.3. The van der Waals surface area contributed by atoms with Crippen LogP contribution in [0.15, 0.2) is 42.5 Å². The summed E-state index contributed by atoms with van der Waals surface area (Å²) in [5.41, 5.74) is 5.87. The number of ether oxygens (including phenoxy) is 1. The predicted octanol–water partition coefficient (Wildman–Crippen LogP) is 4.23. The number of aromatic nitrogens is 2. The lowest BCUT2D eigenvalue weighted by Crippen LogP contribution is -2.31. The molecule has 4 rings (SSSR count). The van der Waals surface area contributed by atoms with E-state index in [2.05, 4.69) is 41.4 Å². The summed E-state index contributed by atoms with van der Waals surface area (Å²) < 4.78 is 5.20. The Kier molecular flexibility index (Phi) is 5.59. The van der Waals surface area contributed by atoms with Crippen LogP contribution in [0.2, 0.25) is 0 Å². The van der Waals surface area contributed by atoms with Crippen molar-refractivity contribution in [3.05, 3.63) is 70.4 Å². The maximum absolute atomic E-state index is 13.2. The average Bonchev–Trinajstić information content (AvgIpc) is 3.29. The number of phenolic OH excluding ortho intramolecular Hbond substituents is 1. The van der Waals surface area contributed by atoms with E-state index in [1.54, 1.807) is 13.2 Å². The number of nitrogens with one attached hydrogen (secondary N) is 1. The van der Waals surface area contributed by atoms with Crippen molar-refractivity contribution in [3.63, 3.8) is 0 Å². The highest BCUT2D eigenvalue weighted by atomic mass is 16.5. The van der Waals surface area contributed by atoms with E-state index in [9.17, 15) is 9.90 Å². The largest absolute Gasteiger partial charge is 0.507 e. The summed E-state index contributed by atoms with van der Waals surface area (Å²) >= 11 is 0. The van der Waals surface area contributed by atoms with Crippen molar-refractivity contribution in [1.29, 1.82) is 0 Å². The summed E-state index contributed by atoms with van der Waals surface area (Å²) in [7, 11) is 1.66. The second kappa shape index (κ2) is 8.32. The van der Waals surface area contributed by atoms with Gasteiger partial charge in [-0.3, -0.25) is 9.89 Å². The van der Waals surface area contributed by atoms with Crippen molar-refractivity contribution in [3.8, 4) is 17.0 Å². The SMILES string of the molecule is CCc1ccc(C2c3c(-c4cc(C)ccc4O)n[nH]c3C(=O)N2CCCOC)cc1. The van der Waals surface area contributed by atoms with Crippen molar-refractivity contribution in [2.24, 2.45) is 0 Å². The molecular weight excluding hydrogens is 378 g/mol. The van der Waals surface area contributed by atoms with E-state index in [4.69, 9.17) is 4.74 Å². The minimum absolute atomic E-state index is 0.0726. The summed E-state index contributed by atoms with van der Waals surface area (Å²) in [6, 6.07) is 13.6. The number of aromatic hydroxyl groups is 1. The number of rotatable bonds is 7. The molecule has 2 aromatic carbocycles. The number of aryl methyl sites for hydroxylation is 2. The third-order valence-electron chi connectivity index (χ3n) is 5.72. The molecule has 0 saturated carbocycles. The number of fused-ring (bicyclic) bond motifs is 1. The number of hydrogen-bond donors (Lipinski definition) is 2. The lowest BCUT2D eigenvalue weighted by atomic mass is 9.94. The minimum Gasteiger partial charge on any atom is -0.507 e. The van der Waals surface area contributed by atoms with E-state index in [1.807, 2.05) is 24.0 Å². The van der Waals surface area contributed by atoms with Gasteiger partial charge in [0.2, 0.25) is 0 Å². The number of benzene rings is 2. The molecule has 1 aromatic heterocycles. The Bertz CT molecular complexity index is 1060. The zero-order chi connectivity index (χ0) is 21.3. The second-order valence-electron chi connectivity index (χ2n) is 7.72. The fraction of sp³-hybridized carbons (Fsp3) is 0.333. The van der Waals surface area contributed by atoms with Crippen LogP contribution < -0.4 is 0 Å². The van der Waals surface area contributed by atoms with E-state index in [-0.39, 0.29) is 17.7 Å². The Morgan fingerprint density at radius 1 is 1.20 bits per heavy atom. The standard InChI is InChI=1S/C24H27N3O3/c1-4-16-7-9-17(10-8-16)23-20-21(18-14-15(2)6-11-19(18)28)25-26-22(20)24(29)27(23)12-5-13-30-3/h6-11,14,23,28H,4-5,12-13H2,1-3H3,(H,25,26). The number of phenols is 1. The van der Waals surface area contributed by atoms with Crippen LogP contribution in [0.3, 0.4) is 0 Å². The van der Waals surface area contributed by atoms with E-state index in [0.717, 1.165) is 29.5 Å². The number of carbonyl (C=O) groups excluding carboxylic acids is 1. The molecule has 1 aliphatic heterocycles. The third-order valence-corrected chi connectivity index (χ3v) is 5.72. The van der Waals surface area contributed by atoms with Crippen molar-refractivity contribution in [2.75, 3.05) is 20.3 Å². The molecule has 30 heavy (non-hydrogen) atoms. The maximum Gasteiger partial charge on any atom is 0.273 e. The van der Waals surface area contributed by atoms with Gasteiger partial charge in [0.25, 0.3) is 5.91 Å². The zero-order valence-corrected chi connectivity index (χ0v) is 17.6. The number of nitrogens with zero attached hydrogens (tertiary/aromatic N) is 2. The summed E-state index contributed by atoms with van der Waals surface area (Å²) in [5, 5.41) is 17.9. The number of methoxy groups -OCH3 is 1. The molecular formula is C24H27N3O3. The number of carbonyl (C=O) groups is 1. The van der Waals surface area contributed by atoms with Gasteiger partial charge in [0.15, 0.2) is 0 Å². The van der Waals surface area contributed by atoms with Gasteiger partial charge in [0.1, 0.15) is 17.1 Å². The molecule has 1 unspecified atom stereocenters. The highest BCUT2D eigenvalue weighted by molar-refractivity contribution is 6.00. The fourth-order valence-corrected chi connectivity index (χ4v) is 4.13. The van der Waals surface area contributed by atoms with E-state index < -0.39 is 0 Å². The van der Waals surface area contributed by atoms with Crippen LogP contribution >= 0.6 is 0 Å². The van der Waals surface area contributed by atoms with Crippen LogP contribution in [-0.2, 0) is 11.2 Å². The molecule has 6 heteroatoms. The van der Waals surface area contributed by atoms with Crippen LogP contribution in [0.5, 0.6) is 5.75 Å². The molecule has 3 aromatic rings. The Hall–Kier alpha value is -3.12. The molecule has 156 valence electrons. The minimum atomic E-state index is -0.260. The van der Waals surface area contributed by atoms with Crippen LogP contribution in [0.25, 0.3) is 11.3 Å². The second-order valence-corrected chi connectivity index (χ2v) is 7.72. The molecule has 0 bridgehead atoms. The van der Waals surface area contributed by atoms with Gasteiger partial charge >= 0.3 is 0 Å². The first kappa shape index (κ1) is 20.2. The number of H-pyrrole nitrogens is 1. The quantitative estimate of drug-likeness (QED) is 0.577. The molecule has 0 saturated heterocycles. The Labute approximate surface area is 176 Å². The lowest BCUT2D eigenvalue weighted by molar-refractivity contribution is 0.0723. The number of aromatic amines is 1. The first-order valence-corrected chi connectivity index (χ1v) is 10.3. The van der Waals surface area contributed by atoms with Crippen molar-refractivity contribution >= 4 is 5.91 Å². The van der Waals surface area contributed by atoms with Crippen LogP contribution in [0.1, 0.15) is 52.1 Å². The normalized spacial score (nSPS) is 15.6. The maximum atomic E-state index is 13.2.